The predicted molar refractivity (Wildman–Crippen MR) is 74.3 cm³/mol. The van der Waals surface area contributed by atoms with E-state index in [0.29, 0.717) is 4.47 Å². The lowest BCUT2D eigenvalue weighted by Gasteiger charge is -2.10. The predicted octanol–water partition coefficient (Wildman–Crippen LogP) is 1.48. The molecule has 0 unspecified atom stereocenters. The van der Waals surface area contributed by atoms with Gasteiger partial charge in [-0.05, 0) is 22.0 Å². The zero-order chi connectivity index (χ0) is 13.9. The monoisotopic (exact) mass is 343 g/mol. The Hall–Kier alpha value is -1.74. The number of rotatable bonds is 4. The first-order chi connectivity index (χ1) is 9.03. The van der Waals surface area contributed by atoms with Crippen molar-refractivity contribution in [1.82, 2.24) is 15.0 Å². The van der Waals surface area contributed by atoms with E-state index < -0.39 is 10.0 Å². The van der Waals surface area contributed by atoms with Crippen molar-refractivity contribution < 1.29 is 8.42 Å². The first-order valence-corrected chi connectivity index (χ1v) is 7.42. The standard InChI is InChI=1S/C10H10BrN5O2S/c1-12-10-8(4-7(11)5-15-10)19(17,18)16-9-6-13-2-3-14-9/h2-6H,1H3,(H,12,15)(H,14,16). The number of pyridine rings is 1. The van der Waals surface area contributed by atoms with Crippen LogP contribution in [-0.2, 0) is 10.0 Å². The number of aromatic nitrogens is 3. The SMILES string of the molecule is CNc1ncc(Br)cc1S(=O)(=O)Nc1cnccn1. The fourth-order valence-corrected chi connectivity index (χ4v) is 3.02. The van der Waals surface area contributed by atoms with E-state index >= 15 is 0 Å². The first kappa shape index (κ1) is 13.7. The lowest BCUT2D eigenvalue weighted by atomic mass is 10.4. The van der Waals surface area contributed by atoms with Gasteiger partial charge in [-0.2, -0.15) is 0 Å². The quantitative estimate of drug-likeness (QED) is 0.872. The van der Waals surface area contributed by atoms with E-state index in [0.717, 1.165) is 0 Å². The molecule has 9 heteroatoms. The molecule has 0 aromatic carbocycles. The van der Waals surface area contributed by atoms with Gasteiger partial charge >= 0.3 is 0 Å². The third kappa shape index (κ3) is 3.18. The maximum Gasteiger partial charge on any atom is 0.266 e. The molecule has 0 saturated heterocycles. The fourth-order valence-electron chi connectivity index (χ4n) is 1.36. The summed E-state index contributed by atoms with van der Waals surface area (Å²) in [5.74, 6) is 0.393. The largest absolute Gasteiger partial charge is 0.372 e. The second-order valence-electron chi connectivity index (χ2n) is 3.45. The van der Waals surface area contributed by atoms with E-state index in [1.165, 1.54) is 30.9 Å². The lowest BCUT2D eigenvalue weighted by Crippen LogP contribution is -2.16. The van der Waals surface area contributed by atoms with Crippen molar-refractivity contribution in [2.75, 3.05) is 17.1 Å². The zero-order valence-electron chi connectivity index (χ0n) is 9.83. The van der Waals surface area contributed by atoms with E-state index in [9.17, 15) is 8.42 Å². The molecule has 0 saturated carbocycles. The van der Waals surface area contributed by atoms with Crippen molar-refractivity contribution in [3.8, 4) is 0 Å². The van der Waals surface area contributed by atoms with E-state index in [2.05, 4.69) is 40.9 Å². The van der Waals surface area contributed by atoms with Gasteiger partial charge in [-0.1, -0.05) is 0 Å². The highest BCUT2D eigenvalue weighted by atomic mass is 79.9. The van der Waals surface area contributed by atoms with Crippen LogP contribution in [0, 0.1) is 0 Å². The average molecular weight is 344 g/mol. The summed E-state index contributed by atoms with van der Waals surface area (Å²) in [4.78, 5) is 11.7. The van der Waals surface area contributed by atoms with Gasteiger partial charge in [0.05, 0.1) is 6.20 Å². The molecule has 0 fully saturated rings. The molecule has 7 nitrogen and oxygen atoms in total. The molecule has 100 valence electrons. The van der Waals surface area contributed by atoms with E-state index in [1.54, 1.807) is 7.05 Å². The molecule has 0 aliphatic rings. The Bertz CT molecular complexity index is 678. The fraction of sp³-hybridized carbons (Fsp3) is 0.100. The minimum atomic E-state index is -3.79. The summed E-state index contributed by atoms with van der Waals surface area (Å²) in [6.45, 7) is 0. The van der Waals surface area contributed by atoms with Gasteiger partial charge in [0, 0.05) is 30.1 Å². The van der Waals surface area contributed by atoms with Crippen LogP contribution in [-0.4, -0.2) is 30.4 Å². The van der Waals surface area contributed by atoms with Crippen LogP contribution in [0.15, 0.2) is 40.2 Å². The third-order valence-electron chi connectivity index (χ3n) is 2.15. The van der Waals surface area contributed by atoms with Crippen molar-refractivity contribution in [3.05, 3.63) is 35.3 Å². The molecule has 0 amide bonds. The third-order valence-corrected chi connectivity index (χ3v) is 3.95. The summed E-state index contributed by atoms with van der Waals surface area (Å²) >= 11 is 3.19. The van der Waals surface area contributed by atoms with Crippen LogP contribution >= 0.6 is 15.9 Å². The Morgan fingerprint density at radius 2 is 2.00 bits per heavy atom. The van der Waals surface area contributed by atoms with Crippen molar-refractivity contribution in [3.63, 3.8) is 0 Å². The molecule has 19 heavy (non-hydrogen) atoms. The number of hydrogen-bond donors (Lipinski definition) is 2. The normalized spacial score (nSPS) is 11.1. The molecule has 2 N–H and O–H groups in total. The van der Waals surface area contributed by atoms with E-state index in [1.807, 2.05) is 0 Å². The van der Waals surface area contributed by atoms with Gasteiger partial charge < -0.3 is 5.32 Å². The van der Waals surface area contributed by atoms with E-state index in [4.69, 9.17) is 0 Å². The second-order valence-corrected chi connectivity index (χ2v) is 6.01. The van der Waals surface area contributed by atoms with Gasteiger partial charge in [0.2, 0.25) is 0 Å². The number of hydrogen-bond acceptors (Lipinski definition) is 6. The maximum absolute atomic E-state index is 12.3. The number of nitrogens with one attached hydrogen (secondary N) is 2. The Kier molecular flexibility index (Phi) is 3.96. The maximum atomic E-state index is 12.3. The zero-order valence-corrected chi connectivity index (χ0v) is 12.2. The molecule has 0 spiro atoms. The van der Waals surface area contributed by atoms with Crippen LogP contribution in [0.3, 0.4) is 0 Å². The highest BCUT2D eigenvalue weighted by Crippen LogP contribution is 2.24. The Balaban J connectivity index is 2.42. The van der Waals surface area contributed by atoms with Crippen LogP contribution in [0.1, 0.15) is 0 Å². The summed E-state index contributed by atoms with van der Waals surface area (Å²) in [5, 5.41) is 2.73. The van der Waals surface area contributed by atoms with Crippen LogP contribution in [0.5, 0.6) is 0 Å². The highest BCUT2D eigenvalue weighted by molar-refractivity contribution is 9.10. The summed E-state index contributed by atoms with van der Waals surface area (Å²) in [5.41, 5.74) is 0. The van der Waals surface area contributed by atoms with Crippen molar-refractivity contribution in [1.29, 1.82) is 0 Å². The van der Waals surface area contributed by atoms with Crippen molar-refractivity contribution >= 4 is 37.6 Å². The Morgan fingerprint density at radius 3 is 2.63 bits per heavy atom. The molecule has 2 aromatic rings. The van der Waals surface area contributed by atoms with Gasteiger partial charge in [-0.15, -0.1) is 0 Å². The molecule has 0 aliphatic carbocycles. The highest BCUT2D eigenvalue weighted by Gasteiger charge is 2.20. The molecule has 2 aromatic heterocycles. The van der Waals surface area contributed by atoms with Gasteiger partial charge in [-0.3, -0.25) is 9.71 Å². The number of nitrogens with zero attached hydrogens (tertiary/aromatic N) is 3. The number of anilines is 2. The Labute approximate surface area is 118 Å². The van der Waals surface area contributed by atoms with Crippen molar-refractivity contribution in [2.24, 2.45) is 0 Å². The lowest BCUT2D eigenvalue weighted by molar-refractivity contribution is 0.601. The van der Waals surface area contributed by atoms with E-state index in [-0.39, 0.29) is 16.5 Å². The average Bonchev–Trinajstić information content (AvgIpc) is 2.39. The summed E-state index contributed by atoms with van der Waals surface area (Å²) in [7, 11) is -2.19. The van der Waals surface area contributed by atoms with Crippen molar-refractivity contribution in [2.45, 2.75) is 4.90 Å². The molecule has 0 bridgehead atoms. The summed E-state index contributed by atoms with van der Waals surface area (Å²) in [6.07, 6.45) is 5.68. The van der Waals surface area contributed by atoms with Crippen LogP contribution in [0.4, 0.5) is 11.6 Å². The first-order valence-electron chi connectivity index (χ1n) is 5.15. The number of halogens is 1. The van der Waals surface area contributed by atoms with Crippen LogP contribution < -0.4 is 10.0 Å². The van der Waals surface area contributed by atoms with Crippen LogP contribution in [0.2, 0.25) is 0 Å². The van der Waals surface area contributed by atoms with Gasteiger partial charge in [0.25, 0.3) is 10.0 Å². The Morgan fingerprint density at radius 1 is 1.21 bits per heavy atom. The summed E-state index contributed by atoms with van der Waals surface area (Å²) < 4.78 is 27.4. The minimum absolute atomic E-state index is 0.0232. The van der Waals surface area contributed by atoms with Gasteiger partial charge in [0.1, 0.15) is 10.7 Å². The minimum Gasteiger partial charge on any atom is -0.372 e. The molecule has 0 aliphatic heterocycles. The topological polar surface area (TPSA) is 96.9 Å². The number of sulfonamides is 1. The van der Waals surface area contributed by atoms with Gasteiger partial charge in [0.15, 0.2) is 5.82 Å². The van der Waals surface area contributed by atoms with Gasteiger partial charge in [-0.25, -0.2) is 18.4 Å². The molecular weight excluding hydrogens is 334 g/mol. The molecule has 2 rings (SSSR count). The summed E-state index contributed by atoms with van der Waals surface area (Å²) in [6, 6.07) is 1.46. The second kappa shape index (κ2) is 5.49. The molecule has 0 radical (unpaired) electrons. The smallest absolute Gasteiger partial charge is 0.266 e. The van der Waals surface area contributed by atoms with Crippen LogP contribution in [0.25, 0.3) is 0 Å². The molecule has 2 heterocycles. The molecular formula is C10H10BrN5O2S. The molecule has 0 atom stereocenters.